The monoisotopic (exact) mass is 274 g/mol. The van der Waals surface area contributed by atoms with E-state index in [4.69, 9.17) is 14.9 Å². The first-order chi connectivity index (χ1) is 9.04. The lowest BCUT2D eigenvalue weighted by Gasteiger charge is -2.28. The van der Waals surface area contributed by atoms with E-state index in [9.17, 15) is 9.59 Å². The first-order valence-corrected chi connectivity index (χ1v) is 6.53. The zero-order chi connectivity index (χ0) is 14.3. The first kappa shape index (κ1) is 15.7. The Morgan fingerprint density at radius 3 is 2.47 bits per heavy atom. The van der Waals surface area contributed by atoms with Gasteiger partial charge in [-0.3, -0.25) is 0 Å². The minimum Gasteiger partial charge on any atom is -0.480 e. The predicted octanol–water partition coefficient (Wildman–Crippen LogP) is -0.0637. The van der Waals surface area contributed by atoms with Crippen molar-refractivity contribution in [2.24, 2.45) is 5.92 Å². The zero-order valence-electron chi connectivity index (χ0n) is 11.1. The third-order valence-electron chi connectivity index (χ3n) is 3.35. The zero-order valence-corrected chi connectivity index (χ0v) is 11.1. The standard InChI is InChI=1S/C12H22N2O5/c1-8(9-3-6-19-7-4-9)13-12(18)14-10(2-5-15)11(16)17/h8-10,15H,2-7H2,1H3,(H,16,17)(H2,13,14,18)/t8?,10-/m0/s1. The van der Waals surface area contributed by atoms with Gasteiger partial charge in [-0.05, 0) is 25.7 Å². The number of carbonyl (C=O) groups excluding carboxylic acids is 1. The Morgan fingerprint density at radius 1 is 1.32 bits per heavy atom. The fourth-order valence-electron chi connectivity index (χ4n) is 2.13. The molecule has 4 N–H and O–H groups in total. The van der Waals surface area contributed by atoms with Crippen molar-refractivity contribution in [3.8, 4) is 0 Å². The Labute approximate surface area is 112 Å². The highest BCUT2D eigenvalue weighted by Crippen LogP contribution is 2.18. The van der Waals surface area contributed by atoms with Crippen LogP contribution in [0.1, 0.15) is 26.2 Å². The summed E-state index contributed by atoms with van der Waals surface area (Å²) in [6.45, 7) is 3.01. The van der Waals surface area contributed by atoms with Gasteiger partial charge in [0.05, 0.1) is 0 Å². The Morgan fingerprint density at radius 2 is 1.95 bits per heavy atom. The molecule has 0 radical (unpaired) electrons. The van der Waals surface area contributed by atoms with Crippen molar-refractivity contribution in [3.63, 3.8) is 0 Å². The number of amides is 2. The van der Waals surface area contributed by atoms with Crippen LogP contribution in [-0.2, 0) is 9.53 Å². The second-order valence-electron chi connectivity index (χ2n) is 4.76. The largest absolute Gasteiger partial charge is 0.480 e. The lowest BCUT2D eigenvalue weighted by Crippen LogP contribution is -2.50. The maximum Gasteiger partial charge on any atom is 0.326 e. The van der Waals surface area contributed by atoms with Crippen molar-refractivity contribution in [1.82, 2.24) is 10.6 Å². The number of aliphatic carboxylic acids is 1. The molecule has 0 aliphatic carbocycles. The van der Waals surface area contributed by atoms with Gasteiger partial charge in [0.15, 0.2) is 0 Å². The summed E-state index contributed by atoms with van der Waals surface area (Å²) in [5.41, 5.74) is 0. The molecule has 1 rings (SSSR count). The number of carbonyl (C=O) groups is 2. The van der Waals surface area contributed by atoms with Crippen LogP contribution in [0, 0.1) is 5.92 Å². The van der Waals surface area contributed by atoms with Crippen molar-refractivity contribution in [1.29, 1.82) is 0 Å². The molecule has 1 saturated heterocycles. The van der Waals surface area contributed by atoms with Crippen molar-refractivity contribution >= 4 is 12.0 Å². The Balaban J connectivity index is 2.38. The number of urea groups is 1. The lowest BCUT2D eigenvalue weighted by atomic mass is 9.93. The van der Waals surface area contributed by atoms with E-state index >= 15 is 0 Å². The Bertz CT molecular complexity index is 304. The molecule has 7 nitrogen and oxygen atoms in total. The first-order valence-electron chi connectivity index (χ1n) is 6.53. The molecule has 1 aliphatic heterocycles. The second-order valence-corrected chi connectivity index (χ2v) is 4.76. The van der Waals surface area contributed by atoms with Gasteiger partial charge >= 0.3 is 12.0 Å². The maximum absolute atomic E-state index is 11.7. The van der Waals surface area contributed by atoms with Gasteiger partial charge in [0, 0.05) is 32.3 Å². The van der Waals surface area contributed by atoms with Crippen LogP contribution in [0.3, 0.4) is 0 Å². The number of hydrogen-bond acceptors (Lipinski definition) is 4. The summed E-state index contributed by atoms with van der Waals surface area (Å²) >= 11 is 0. The summed E-state index contributed by atoms with van der Waals surface area (Å²) in [4.78, 5) is 22.5. The van der Waals surface area contributed by atoms with Gasteiger partial charge < -0.3 is 25.6 Å². The van der Waals surface area contributed by atoms with Crippen LogP contribution in [0.2, 0.25) is 0 Å². The number of carboxylic acids is 1. The number of hydrogen-bond donors (Lipinski definition) is 4. The molecule has 19 heavy (non-hydrogen) atoms. The smallest absolute Gasteiger partial charge is 0.326 e. The second kappa shape index (κ2) is 7.96. The van der Waals surface area contributed by atoms with Crippen LogP contribution in [0.5, 0.6) is 0 Å². The average molecular weight is 274 g/mol. The van der Waals surface area contributed by atoms with Gasteiger partial charge in [-0.15, -0.1) is 0 Å². The van der Waals surface area contributed by atoms with E-state index in [1.165, 1.54) is 0 Å². The Hall–Kier alpha value is -1.34. The number of carboxylic acid groups (broad SMARTS) is 1. The molecule has 0 aromatic rings. The van der Waals surface area contributed by atoms with E-state index in [1.54, 1.807) is 0 Å². The van der Waals surface area contributed by atoms with Crippen LogP contribution in [0.15, 0.2) is 0 Å². The molecule has 7 heteroatoms. The van der Waals surface area contributed by atoms with Crippen molar-refractivity contribution in [3.05, 3.63) is 0 Å². The minimum absolute atomic E-state index is 0.00555. The fourth-order valence-corrected chi connectivity index (χ4v) is 2.13. The predicted molar refractivity (Wildman–Crippen MR) is 67.8 cm³/mol. The van der Waals surface area contributed by atoms with Gasteiger partial charge in [-0.25, -0.2) is 9.59 Å². The molecule has 0 aromatic heterocycles. The highest BCUT2D eigenvalue weighted by Gasteiger charge is 2.24. The van der Waals surface area contributed by atoms with Crippen LogP contribution >= 0.6 is 0 Å². The molecule has 1 fully saturated rings. The highest BCUT2D eigenvalue weighted by molar-refractivity contribution is 5.82. The summed E-state index contributed by atoms with van der Waals surface area (Å²) in [7, 11) is 0. The van der Waals surface area contributed by atoms with Gasteiger partial charge in [-0.1, -0.05) is 0 Å². The van der Waals surface area contributed by atoms with Crippen LogP contribution in [0.4, 0.5) is 4.79 Å². The molecule has 2 atom stereocenters. The normalized spacial score (nSPS) is 19.5. The maximum atomic E-state index is 11.7. The third-order valence-corrected chi connectivity index (χ3v) is 3.35. The van der Waals surface area contributed by atoms with Crippen LogP contribution in [-0.4, -0.2) is 54.1 Å². The molecule has 0 aromatic carbocycles. The number of aliphatic hydroxyl groups excluding tert-OH is 1. The van der Waals surface area contributed by atoms with Gasteiger partial charge in [0.2, 0.25) is 0 Å². The van der Waals surface area contributed by atoms with E-state index in [0.29, 0.717) is 19.1 Å². The fraction of sp³-hybridized carbons (Fsp3) is 0.833. The van der Waals surface area contributed by atoms with E-state index in [-0.39, 0.29) is 19.1 Å². The molecule has 2 amide bonds. The van der Waals surface area contributed by atoms with E-state index in [2.05, 4.69) is 10.6 Å². The van der Waals surface area contributed by atoms with Crippen LogP contribution < -0.4 is 10.6 Å². The summed E-state index contributed by atoms with van der Waals surface area (Å²) in [5, 5.41) is 22.7. The summed E-state index contributed by atoms with van der Waals surface area (Å²) < 4.78 is 5.25. The number of aliphatic hydroxyl groups is 1. The number of nitrogens with one attached hydrogen (secondary N) is 2. The molecular formula is C12H22N2O5. The van der Waals surface area contributed by atoms with E-state index in [1.807, 2.05) is 6.92 Å². The summed E-state index contributed by atoms with van der Waals surface area (Å²) in [6.07, 6.45) is 1.77. The van der Waals surface area contributed by atoms with Gasteiger partial charge in [-0.2, -0.15) is 0 Å². The lowest BCUT2D eigenvalue weighted by molar-refractivity contribution is -0.139. The van der Waals surface area contributed by atoms with Crippen molar-refractivity contribution in [2.45, 2.75) is 38.3 Å². The Kier molecular flexibility index (Phi) is 6.58. The minimum atomic E-state index is -1.15. The molecule has 0 spiro atoms. The third kappa shape index (κ3) is 5.44. The molecule has 1 unspecified atom stereocenters. The number of rotatable bonds is 6. The van der Waals surface area contributed by atoms with Crippen LogP contribution in [0.25, 0.3) is 0 Å². The highest BCUT2D eigenvalue weighted by atomic mass is 16.5. The topological polar surface area (TPSA) is 108 Å². The molecular weight excluding hydrogens is 252 g/mol. The van der Waals surface area contributed by atoms with Crippen molar-refractivity contribution < 1.29 is 24.5 Å². The molecule has 1 aliphatic rings. The number of ether oxygens (including phenoxy) is 1. The average Bonchev–Trinajstić information content (AvgIpc) is 2.39. The molecule has 110 valence electrons. The summed E-state index contributed by atoms with van der Waals surface area (Å²) in [6, 6.07) is -1.61. The summed E-state index contributed by atoms with van der Waals surface area (Å²) in [5.74, 6) is -0.802. The van der Waals surface area contributed by atoms with Gasteiger partial charge in [0.25, 0.3) is 0 Å². The van der Waals surface area contributed by atoms with Gasteiger partial charge in [0.1, 0.15) is 6.04 Å². The molecule has 0 bridgehead atoms. The molecule has 1 heterocycles. The molecule has 0 saturated carbocycles. The van der Waals surface area contributed by atoms with E-state index < -0.39 is 18.0 Å². The van der Waals surface area contributed by atoms with E-state index in [0.717, 1.165) is 12.8 Å². The SMILES string of the molecule is CC(NC(=O)N[C@@H](CCO)C(=O)O)C1CCOCC1. The quantitative estimate of drug-likeness (QED) is 0.542. The van der Waals surface area contributed by atoms with Crippen molar-refractivity contribution in [2.75, 3.05) is 19.8 Å².